The van der Waals surface area contributed by atoms with E-state index in [4.69, 9.17) is 10.5 Å². The summed E-state index contributed by atoms with van der Waals surface area (Å²) in [5.74, 6) is 0.144. The molecule has 4 rings (SSSR count). The zero-order valence-electron chi connectivity index (χ0n) is 16.0. The van der Waals surface area contributed by atoms with E-state index >= 15 is 0 Å². The molecule has 1 amide bonds. The van der Waals surface area contributed by atoms with Crippen LogP contribution in [0.5, 0.6) is 5.88 Å². The number of hydrogen-bond donors (Lipinski definition) is 1. The molecule has 0 aliphatic carbocycles. The van der Waals surface area contributed by atoms with Crippen molar-refractivity contribution in [1.29, 1.82) is 0 Å². The first-order chi connectivity index (χ1) is 13.2. The molecule has 0 atom stereocenters. The zero-order valence-corrected chi connectivity index (χ0v) is 16.0. The fourth-order valence-electron chi connectivity index (χ4n) is 3.20. The van der Waals surface area contributed by atoms with Crippen molar-refractivity contribution in [3.63, 3.8) is 0 Å². The van der Waals surface area contributed by atoms with Crippen LogP contribution in [0, 0.1) is 0 Å². The largest absolute Gasteiger partial charge is 0.475 e. The molecule has 7 nitrogen and oxygen atoms in total. The molecule has 0 spiro atoms. The van der Waals surface area contributed by atoms with Crippen molar-refractivity contribution in [3.05, 3.63) is 42.4 Å². The highest BCUT2D eigenvalue weighted by atomic mass is 16.5. The van der Waals surface area contributed by atoms with Crippen LogP contribution >= 0.6 is 0 Å². The van der Waals surface area contributed by atoms with Gasteiger partial charge in [0.25, 0.3) is 5.91 Å². The monoisotopic (exact) mass is 367 g/mol. The number of rotatable bonds is 3. The maximum Gasteiger partial charge on any atom is 0.267 e. The van der Waals surface area contributed by atoms with E-state index in [9.17, 15) is 4.79 Å². The van der Waals surface area contributed by atoms with Crippen LogP contribution in [-0.4, -0.2) is 33.6 Å². The van der Waals surface area contributed by atoms with Crippen molar-refractivity contribution in [3.8, 4) is 5.88 Å². The number of anilines is 2. The van der Waals surface area contributed by atoms with Gasteiger partial charge in [-0.15, -0.1) is 0 Å². The summed E-state index contributed by atoms with van der Waals surface area (Å²) in [7, 11) is 0. The molecule has 1 aliphatic rings. The predicted molar refractivity (Wildman–Crippen MR) is 107 cm³/mol. The smallest absolute Gasteiger partial charge is 0.267 e. The summed E-state index contributed by atoms with van der Waals surface area (Å²) in [4.78, 5) is 22.6. The molecule has 27 heavy (non-hydrogen) atoms. The Morgan fingerprint density at radius 3 is 2.81 bits per heavy atom. The second-order valence-electron chi connectivity index (χ2n) is 6.00. The van der Waals surface area contributed by atoms with Crippen LogP contribution in [0.15, 0.2) is 36.8 Å². The highest BCUT2D eigenvalue weighted by molar-refractivity contribution is 6.11. The Kier molecular flexibility index (Phi) is 5.59. The van der Waals surface area contributed by atoms with E-state index in [0.29, 0.717) is 13.2 Å². The summed E-state index contributed by atoms with van der Waals surface area (Å²) in [6.45, 7) is 7.90. The average molecular weight is 367 g/mol. The Morgan fingerprint density at radius 1 is 1.22 bits per heavy atom. The van der Waals surface area contributed by atoms with Crippen molar-refractivity contribution in [1.82, 2.24) is 14.5 Å². The molecule has 3 aromatic rings. The van der Waals surface area contributed by atoms with Gasteiger partial charge in [0.15, 0.2) is 0 Å². The summed E-state index contributed by atoms with van der Waals surface area (Å²) in [5, 5.41) is 1.10. The quantitative estimate of drug-likeness (QED) is 0.766. The van der Waals surface area contributed by atoms with Gasteiger partial charge in [0.05, 0.1) is 6.54 Å². The minimum absolute atomic E-state index is 0.136. The molecule has 0 saturated heterocycles. The Balaban J connectivity index is 0.00000102. The Hall–Kier alpha value is -3.09. The second kappa shape index (κ2) is 8.07. The maximum absolute atomic E-state index is 13.0. The van der Waals surface area contributed by atoms with E-state index in [1.165, 1.54) is 6.33 Å². The zero-order chi connectivity index (χ0) is 19.4. The number of amides is 1. The number of aromatic nitrogens is 3. The second-order valence-corrected chi connectivity index (χ2v) is 6.00. The van der Waals surface area contributed by atoms with E-state index in [1.54, 1.807) is 4.90 Å². The SMILES string of the molecule is CC.CCCn1ccc2cc(N3CCOc4ncnc(N)c4C3=O)ccc21. The lowest BCUT2D eigenvalue weighted by atomic mass is 10.2. The summed E-state index contributed by atoms with van der Waals surface area (Å²) in [5.41, 5.74) is 8.08. The van der Waals surface area contributed by atoms with Crippen LogP contribution in [0.25, 0.3) is 10.9 Å². The number of benzene rings is 1. The molecule has 142 valence electrons. The summed E-state index contributed by atoms with van der Waals surface area (Å²) >= 11 is 0. The number of aryl methyl sites for hydroxylation is 1. The minimum atomic E-state index is -0.238. The van der Waals surface area contributed by atoms with E-state index in [-0.39, 0.29) is 23.2 Å². The van der Waals surface area contributed by atoms with E-state index < -0.39 is 0 Å². The number of nitrogens with two attached hydrogens (primary N) is 1. The topological polar surface area (TPSA) is 86.3 Å². The molecule has 3 heterocycles. The van der Waals surface area contributed by atoms with Crippen LogP contribution < -0.4 is 15.4 Å². The van der Waals surface area contributed by atoms with Gasteiger partial charge < -0.3 is 19.9 Å². The van der Waals surface area contributed by atoms with Gasteiger partial charge in [-0.05, 0) is 30.7 Å². The molecule has 2 aromatic heterocycles. The number of fused-ring (bicyclic) bond motifs is 2. The normalized spacial score (nSPS) is 13.4. The Labute approximate surface area is 158 Å². The highest BCUT2D eigenvalue weighted by Crippen LogP contribution is 2.29. The number of nitrogens with zero attached hydrogens (tertiary/aromatic N) is 4. The first-order valence-corrected chi connectivity index (χ1v) is 9.33. The average Bonchev–Trinajstić information content (AvgIpc) is 3.00. The molecule has 1 aromatic carbocycles. The van der Waals surface area contributed by atoms with Gasteiger partial charge in [-0.2, -0.15) is 0 Å². The molecule has 0 saturated carbocycles. The fraction of sp³-hybridized carbons (Fsp3) is 0.350. The summed E-state index contributed by atoms with van der Waals surface area (Å²) in [6.07, 6.45) is 4.45. The molecule has 2 N–H and O–H groups in total. The lowest BCUT2D eigenvalue weighted by Gasteiger charge is -2.20. The first-order valence-electron chi connectivity index (χ1n) is 9.33. The van der Waals surface area contributed by atoms with Gasteiger partial charge in [-0.1, -0.05) is 20.8 Å². The van der Waals surface area contributed by atoms with Crippen LogP contribution in [0.1, 0.15) is 37.6 Å². The standard InChI is InChI=1S/C18H19N5O2.C2H6/c1-2-6-22-7-5-12-10-13(3-4-14(12)22)23-8-9-25-17-15(18(23)24)16(19)20-11-21-17;1-2/h3-5,7,10-11H,2,6,8-9H2,1H3,(H2,19,20,21);1-2H3. The van der Waals surface area contributed by atoms with Crippen LogP contribution in [0.4, 0.5) is 11.5 Å². The molecule has 1 aliphatic heterocycles. The van der Waals surface area contributed by atoms with Crippen molar-refractivity contribution in [2.45, 2.75) is 33.7 Å². The third-order valence-corrected chi connectivity index (χ3v) is 4.39. The summed E-state index contributed by atoms with van der Waals surface area (Å²) < 4.78 is 7.79. The number of ether oxygens (including phenoxy) is 1. The van der Waals surface area contributed by atoms with E-state index in [2.05, 4.69) is 33.7 Å². The van der Waals surface area contributed by atoms with Gasteiger partial charge in [0, 0.05) is 29.3 Å². The van der Waals surface area contributed by atoms with Gasteiger partial charge in [-0.25, -0.2) is 9.97 Å². The third-order valence-electron chi connectivity index (χ3n) is 4.39. The van der Waals surface area contributed by atoms with Gasteiger partial charge >= 0.3 is 0 Å². The maximum atomic E-state index is 13.0. The van der Waals surface area contributed by atoms with Crippen molar-refractivity contribution in [2.75, 3.05) is 23.8 Å². The predicted octanol–water partition coefficient (Wildman–Crippen LogP) is 3.49. The van der Waals surface area contributed by atoms with Crippen molar-refractivity contribution >= 4 is 28.3 Å². The van der Waals surface area contributed by atoms with Crippen molar-refractivity contribution in [2.24, 2.45) is 0 Å². The summed E-state index contributed by atoms with van der Waals surface area (Å²) in [6, 6.07) is 8.09. The first kappa shape index (κ1) is 18.7. The highest BCUT2D eigenvalue weighted by Gasteiger charge is 2.28. The van der Waals surface area contributed by atoms with Crippen LogP contribution in [-0.2, 0) is 6.54 Å². The molecule has 7 heteroatoms. The molecular weight excluding hydrogens is 342 g/mol. The van der Waals surface area contributed by atoms with Crippen LogP contribution in [0.3, 0.4) is 0 Å². The van der Waals surface area contributed by atoms with Crippen LogP contribution in [0.2, 0.25) is 0 Å². The van der Waals surface area contributed by atoms with Crippen molar-refractivity contribution < 1.29 is 9.53 Å². The van der Waals surface area contributed by atoms with Gasteiger partial charge in [0.2, 0.25) is 5.88 Å². The fourth-order valence-corrected chi connectivity index (χ4v) is 3.20. The lowest BCUT2D eigenvalue weighted by Crippen LogP contribution is -2.32. The molecular formula is C20H25N5O2. The third kappa shape index (κ3) is 3.45. The molecule has 0 bridgehead atoms. The molecule has 0 unspecified atom stereocenters. The number of carbonyl (C=O) groups is 1. The molecule has 0 radical (unpaired) electrons. The number of nitrogen functional groups attached to an aromatic ring is 1. The number of hydrogen-bond acceptors (Lipinski definition) is 5. The van der Waals surface area contributed by atoms with Gasteiger partial charge in [0.1, 0.15) is 24.3 Å². The van der Waals surface area contributed by atoms with Gasteiger partial charge in [-0.3, -0.25) is 4.79 Å². The van der Waals surface area contributed by atoms with E-state index in [0.717, 1.165) is 29.6 Å². The minimum Gasteiger partial charge on any atom is -0.475 e. The van der Waals surface area contributed by atoms with E-state index in [1.807, 2.05) is 32.0 Å². The number of carbonyl (C=O) groups excluding carboxylic acids is 1. The Bertz CT molecular complexity index is 951. The molecule has 0 fully saturated rings. The Morgan fingerprint density at radius 2 is 2.04 bits per heavy atom. The lowest BCUT2D eigenvalue weighted by molar-refractivity contribution is 0.0990.